The molecule has 1 N–H and O–H groups in total. The number of hydrogen-bond donors (Lipinski definition) is 1. The molecule has 0 aromatic heterocycles. The van der Waals surface area contributed by atoms with Gasteiger partial charge in [0.25, 0.3) is 0 Å². The predicted molar refractivity (Wildman–Crippen MR) is 72.7 cm³/mol. The molecule has 0 bridgehead atoms. The number of aliphatic hydroxyl groups is 1. The van der Waals surface area contributed by atoms with Crippen LogP contribution in [0.2, 0.25) is 0 Å². The molecule has 0 aromatic rings. The van der Waals surface area contributed by atoms with Crippen LogP contribution in [0.15, 0.2) is 0 Å². The summed E-state index contributed by atoms with van der Waals surface area (Å²) in [4.78, 5) is 4.98. The largest absolute Gasteiger partial charge is 0.392 e. The molecule has 0 saturated carbocycles. The first-order valence-corrected chi connectivity index (χ1v) is 7.43. The number of hydrogen-bond acceptors (Lipinski definition) is 4. The van der Waals surface area contributed by atoms with Crippen molar-refractivity contribution in [2.45, 2.75) is 38.8 Å². The molecule has 4 nitrogen and oxygen atoms in total. The average Bonchev–Trinajstić information content (AvgIpc) is 2.87. The van der Waals surface area contributed by atoms with E-state index in [0.717, 1.165) is 52.4 Å². The molecule has 106 valence electrons. The van der Waals surface area contributed by atoms with Crippen LogP contribution in [-0.2, 0) is 4.74 Å². The van der Waals surface area contributed by atoms with Crippen LogP contribution in [0.3, 0.4) is 0 Å². The summed E-state index contributed by atoms with van der Waals surface area (Å²) in [5.41, 5.74) is 0. The van der Waals surface area contributed by atoms with Crippen LogP contribution in [0.25, 0.3) is 0 Å². The molecule has 0 amide bonds. The van der Waals surface area contributed by atoms with Crippen molar-refractivity contribution in [2.24, 2.45) is 5.92 Å². The fourth-order valence-corrected chi connectivity index (χ4v) is 2.94. The fourth-order valence-electron chi connectivity index (χ4n) is 2.94. The Morgan fingerprint density at radius 3 is 2.67 bits per heavy atom. The Bertz CT molecular complexity index is 244. The average molecular weight is 256 g/mol. The predicted octanol–water partition coefficient (Wildman–Crippen LogP) is 0.800. The molecule has 2 rings (SSSR count). The van der Waals surface area contributed by atoms with Crippen LogP contribution in [0.1, 0.15) is 26.7 Å². The zero-order valence-corrected chi connectivity index (χ0v) is 11.8. The molecule has 3 unspecified atom stereocenters. The van der Waals surface area contributed by atoms with E-state index in [0.29, 0.717) is 12.0 Å². The van der Waals surface area contributed by atoms with E-state index >= 15 is 0 Å². The summed E-state index contributed by atoms with van der Waals surface area (Å²) in [6.07, 6.45) is 2.13. The first-order chi connectivity index (χ1) is 8.70. The molecule has 2 aliphatic rings. The lowest BCUT2D eigenvalue weighted by atomic mass is 10.0. The second-order valence-corrected chi connectivity index (χ2v) is 5.80. The quantitative estimate of drug-likeness (QED) is 0.789. The number of β-amino-alcohol motifs (C(OH)–C–C–N with tert-alkyl or cyclic N) is 1. The summed E-state index contributed by atoms with van der Waals surface area (Å²) in [5, 5.41) is 10.1. The van der Waals surface area contributed by atoms with Gasteiger partial charge in [0, 0.05) is 32.2 Å². The van der Waals surface area contributed by atoms with Crippen molar-refractivity contribution in [3.05, 3.63) is 0 Å². The maximum Gasteiger partial charge on any atom is 0.0692 e. The third kappa shape index (κ3) is 3.67. The molecule has 2 saturated heterocycles. The van der Waals surface area contributed by atoms with Crippen molar-refractivity contribution in [3.8, 4) is 0 Å². The lowest BCUT2D eigenvalue weighted by Crippen LogP contribution is -2.45. The summed E-state index contributed by atoms with van der Waals surface area (Å²) < 4.78 is 5.40. The van der Waals surface area contributed by atoms with Crippen LogP contribution in [0, 0.1) is 5.92 Å². The molecular weight excluding hydrogens is 228 g/mol. The topological polar surface area (TPSA) is 35.9 Å². The second kappa shape index (κ2) is 6.85. The van der Waals surface area contributed by atoms with Crippen molar-refractivity contribution in [3.63, 3.8) is 0 Å². The zero-order valence-electron chi connectivity index (χ0n) is 11.8. The van der Waals surface area contributed by atoms with Gasteiger partial charge < -0.3 is 9.84 Å². The highest BCUT2D eigenvalue weighted by atomic mass is 16.5. The lowest BCUT2D eigenvalue weighted by molar-refractivity contribution is 0.0164. The second-order valence-electron chi connectivity index (χ2n) is 5.80. The minimum atomic E-state index is -0.168. The monoisotopic (exact) mass is 256 g/mol. The van der Waals surface area contributed by atoms with E-state index in [1.807, 2.05) is 0 Å². The van der Waals surface area contributed by atoms with Crippen molar-refractivity contribution in [1.82, 2.24) is 9.80 Å². The van der Waals surface area contributed by atoms with E-state index in [4.69, 9.17) is 4.74 Å². The van der Waals surface area contributed by atoms with Gasteiger partial charge in [0.15, 0.2) is 0 Å². The van der Waals surface area contributed by atoms with Crippen LogP contribution >= 0.6 is 0 Å². The summed E-state index contributed by atoms with van der Waals surface area (Å²) in [6, 6.07) is 0.679. The van der Waals surface area contributed by atoms with Gasteiger partial charge in [-0.1, -0.05) is 20.3 Å². The number of morpholine rings is 1. The van der Waals surface area contributed by atoms with E-state index in [1.54, 1.807) is 0 Å². The Hall–Kier alpha value is -0.160. The van der Waals surface area contributed by atoms with E-state index in [-0.39, 0.29) is 6.10 Å². The molecule has 0 aromatic carbocycles. The number of aliphatic hydroxyl groups excluding tert-OH is 1. The molecule has 2 fully saturated rings. The molecule has 2 aliphatic heterocycles. The molecule has 2 heterocycles. The van der Waals surface area contributed by atoms with Crippen LogP contribution in [-0.4, -0.2) is 73.0 Å². The van der Waals surface area contributed by atoms with Crippen molar-refractivity contribution < 1.29 is 9.84 Å². The molecular formula is C14H28N2O2. The van der Waals surface area contributed by atoms with Gasteiger partial charge in [-0.25, -0.2) is 0 Å². The van der Waals surface area contributed by atoms with Gasteiger partial charge >= 0.3 is 0 Å². The Balaban J connectivity index is 1.74. The molecule has 0 radical (unpaired) electrons. The summed E-state index contributed by atoms with van der Waals surface area (Å²) in [5.74, 6) is 0.410. The Labute approximate surface area is 111 Å². The van der Waals surface area contributed by atoms with Gasteiger partial charge in [0.2, 0.25) is 0 Å². The lowest BCUT2D eigenvalue weighted by Gasteiger charge is -2.32. The number of nitrogens with zero attached hydrogens (tertiary/aromatic N) is 2. The summed E-state index contributed by atoms with van der Waals surface area (Å²) in [6.45, 7) is 11.3. The molecule has 3 atom stereocenters. The molecule has 18 heavy (non-hydrogen) atoms. The van der Waals surface area contributed by atoms with Crippen molar-refractivity contribution in [1.29, 1.82) is 0 Å². The van der Waals surface area contributed by atoms with Gasteiger partial charge in [-0.2, -0.15) is 0 Å². The Morgan fingerprint density at radius 1 is 1.28 bits per heavy atom. The first kappa shape index (κ1) is 14.3. The molecule has 0 spiro atoms. The van der Waals surface area contributed by atoms with E-state index < -0.39 is 0 Å². The summed E-state index contributed by atoms with van der Waals surface area (Å²) in [7, 11) is 0. The highest BCUT2D eigenvalue weighted by Gasteiger charge is 2.30. The zero-order chi connectivity index (χ0) is 13.0. The summed E-state index contributed by atoms with van der Waals surface area (Å²) >= 11 is 0. The normalized spacial score (nSPS) is 30.5. The third-order valence-corrected chi connectivity index (χ3v) is 4.56. The van der Waals surface area contributed by atoms with Gasteiger partial charge in [0.05, 0.1) is 19.3 Å². The first-order valence-electron chi connectivity index (χ1n) is 7.43. The van der Waals surface area contributed by atoms with Crippen LogP contribution in [0.4, 0.5) is 0 Å². The fraction of sp³-hybridized carbons (Fsp3) is 1.00. The minimum Gasteiger partial charge on any atom is -0.392 e. The van der Waals surface area contributed by atoms with E-state index in [9.17, 15) is 5.11 Å². The smallest absolute Gasteiger partial charge is 0.0692 e. The number of rotatable bonds is 5. The minimum absolute atomic E-state index is 0.168. The Morgan fingerprint density at radius 2 is 2.00 bits per heavy atom. The van der Waals surface area contributed by atoms with Crippen LogP contribution in [0.5, 0.6) is 0 Å². The molecule has 0 aliphatic carbocycles. The van der Waals surface area contributed by atoms with Crippen molar-refractivity contribution >= 4 is 0 Å². The number of likely N-dealkylation sites (tertiary alicyclic amines) is 1. The maximum absolute atomic E-state index is 10.1. The SMILES string of the molecule is CCC(C)C(O)CN1CCC(N2CCOCC2)C1. The molecule has 4 heteroatoms. The van der Waals surface area contributed by atoms with Gasteiger partial charge in [-0.05, 0) is 18.9 Å². The van der Waals surface area contributed by atoms with Gasteiger partial charge in [-0.3, -0.25) is 9.80 Å². The Kier molecular flexibility index (Phi) is 5.42. The third-order valence-electron chi connectivity index (χ3n) is 4.56. The highest BCUT2D eigenvalue weighted by Crippen LogP contribution is 2.18. The highest BCUT2D eigenvalue weighted by molar-refractivity contribution is 4.85. The van der Waals surface area contributed by atoms with Crippen molar-refractivity contribution in [2.75, 3.05) is 45.9 Å². The van der Waals surface area contributed by atoms with E-state index in [2.05, 4.69) is 23.6 Å². The maximum atomic E-state index is 10.1. The van der Waals surface area contributed by atoms with Gasteiger partial charge in [-0.15, -0.1) is 0 Å². The van der Waals surface area contributed by atoms with Crippen LogP contribution < -0.4 is 0 Å². The standard InChI is InChI=1S/C14H28N2O2/c1-3-12(2)14(17)11-15-5-4-13(10-15)16-6-8-18-9-7-16/h12-14,17H,3-11H2,1-2H3. The van der Waals surface area contributed by atoms with Gasteiger partial charge in [0.1, 0.15) is 0 Å². The van der Waals surface area contributed by atoms with E-state index in [1.165, 1.54) is 6.42 Å². The number of ether oxygens (including phenoxy) is 1.